The van der Waals surface area contributed by atoms with Crippen LogP contribution in [0.4, 0.5) is 5.82 Å². The van der Waals surface area contributed by atoms with E-state index < -0.39 is 5.97 Å². The summed E-state index contributed by atoms with van der Waals surface area (Å²) in [6.07, 6.45) is 0. The number of hydrogen-bond donors (Lipinski definition) is 1. The van der Waals surface area contributed by atoms with Crippen molar-refractivity contribution in [3.63, 3.8) is 0 Å². The first-order valence-electron chi connectivity index (χ1n) is 3.55. The second kappa shape index (κ2) is 3.66. The van der Waals surface area contributed by atoms with Gasteiger partial charge >= 0.3 is 0 Å². The highest BCUT2D eigenvalue weighted by molar-refractivity contribution is 5.89. The van der Waals surface area contributed by atoms with E-state index in [9.17, 15) is 14.7 Å². The Morgan fingerprint density at radius 1 is 1.46 bits per heavy atom. The molecule has 1 aromatic heterocycles. The first kappa shape index (κ1) is 9.18. The molecule has 0 aliphatic heterocycles. The van der Waals surface area contributed by atoms with Crippen LogP contribution in [-0.4, -0.2) is 16.9 Å². The molecular weight excluding hydrogens is 172 g/mol. The zero-order valence-corrected chi connectivity index (χ0v) is 6.90. The minimum absolute atomic E-state index is 0.203. The number of carbonyl (C=O) groups is 2. The number of nitrogens with one attached hydrogen (secondary N) is 1. The van der Waals surface area contributed by atoms with E-state index in [1.165, 1.54) is 25.1 Å². The van der Waals surface area contributed by atoms with Gasteiger partial charge < -0.3 is 15.2 Å². The number of carbonyl (C=O) groups excluding carboxylic acids is 2. The van der Waals surface area contributed by atoms with Gasteiger partial charge in [-0.2, -0.15) is 0 Å². The van der Waals surface area contributed by atoms with Crippen molar-refractivity contribution in [2.24, 2.45) is 0 Å². The normalized spacial score (nSPS) is 9.31. The van der Waals surface area contributed by atoms with Crippen LogP contribution in [0.15, 0.2) is 18.2 Å². The lowest BCUT2D eigenvalue weighted by Crippen LogP contribution is -2.24. The zero-order chi connectivity index (χ0) is 9.84. The third-order valence-corrected chi connectivity index (χ3v) is 1.26. The zero-order valence-electron chi connectivity index (χ0n) is 6.90. The molecule has 5 heteroatoms. The molecule has 0 saturated heterocycles. The van der Waals surface area contributed by atoms with E-state index in [0.29, 0.717) is 0 Å². The van der Waals surface area contributed by atoms with Gasteiger partial charge in [0.2, 0.25) is 5.91 Å². The number of carboxylic acid groups (broad SMARTS) is 1. The van der Waals surface area contributed by atoms with Crippen molar-refractivity contribution in [1.29, 1.82) is 0 Å². The van der Waals surface area contributed by atoms with Crippen LogP contribution >= 0.6 is 0 Å². The fraction of sp³-hybridized carbons (Fsp3) is 0.125. The number of aromatic carboxylic acids is 1. The van der Waals surface area contributed by atoms with Gasteiger partial charge in [0.25, 0.3) is 0 Å². The van der Waals surface area contributed by atoms with Crippen LogP contribution in [0.2, 0.25) is 0 Å². The molecule has 1 amide bonds. The van der Waals surface area contributed by atoms with Gasteiger partial charge in [0.05, 0.1) is 11.7 Å². The van der Waals surface area contributed by atoms with Gasteiger partial charge in [-0.25, -0.2) is 4.98 Å². The van der Waals surface area contributed by atoms with Crippen molar-refractivity contribution in [2.75, 3.05) is 5.32 Å². The molecule has 1 rings (SSSR count). The molecule has 1 N–H and O–H groups in total. The molecule has 0 spiro atoms. The average Bonchev–Trinajstić information content (AvgIpc) is 2.03. The maximum absolute atomic E-state index is 10.6. The summed E-state index contributed by atoms with van der Waals surface area (Å²) >= 11 is 0. The van der Waals surface area contributed by atoms with Crippen molar-refractivity contribution in [3.05, 3.63) is 23.9 Å². The summed E-state index contributed by atoms with van der Waals surface area (Å²) in [4.78, 5) is 24.6. The van der Waals surface area contributed by atoms with Crippen molar-refractivity contribution < 1.29 is 14.7 Å². The van der Waals surface area contributed by atoms with Crippen LogP contribution in [0.3, 0.4) is 0 Å². The molecular formula is C8H7N2O3-. The maximum atomic E-state index is 10.6. The topological polar surface area (TPSA) is 82.1 Å². The SMILES string of the molecule is CC(=O)Nc1cccc(C(=O)[O-])n1. The predicted octanol–water partition coefficient (Wildman–Crippen LogP) is -0.597. The second-order valence-corrected chi connectivity index (χ2v) is 2.38. The van der Waals surface area contributed by atoms with Crippen molar-refractivity contribution in [1.82, 2.24) is 4.98 Å². The Morgan fingerprint density at radius 3 is 2.69 bits per heavy atom. The van der Waals surface area contributed by atoms with E-state index in [0.717, 1.165) is 0 Å². The van der Waals surface area contributed by atoms with Crippen LogP contribution < -0.4 is 10.4 Å². The summed E-state index contributed by atoms with van der Waals surface area (Å²) < 4.78 is 0. The van der Waals surface area contributed by atoms with Crippen LogP contribution in [0, 0.1) is 0 Å². The Morgan fingerprint density at radius 2 is 2.15 bits per heavy atom. The van der Waals surface area contributed by atoms with Gasteiger partial charge in [-0.1, -0.05) is 6.07 Å². The smallest absolute Gasteiger partial charge is 0.222 e. The van der Waals surface area contributed by atoms with Crippen LogP contribution in [-0.2, 0) is 4.79 Å². The molecule has 0 saturated carbocycles. The van der Waals surface area contributed by atoms with E-state index >= 15 is 0 Å². The largest absolute Gasteiger partial charge is 0.543 e. The van der Waals surface area contributed by atoms with E-state index in [-0.39, 0.29) is 17.4 Å². The highest BCUT2D eigenvalue weighted by Gasteiger charge is 1.99. The Hall–Kier alpha value is -1.91. The number of hydrogen-bond acceptors (Lipinski definition) is 4. The van der Waals surface area contributed by atoms with E-state index in [4.69, 9.17) is 0 Å². The van der Waals surface area contributed by atoms with E-state index in [1.54, 1.807) is 0 Å². The minimum Gasteiger partial charge on any atom is -0.543 e. The number of aromatic nitrogens is 1. The van der Waals surface area contributed by atoms with Gasteiger partial charge in [-0.05, 0) is 12.1 Å². The number of nitrogens with zero attached hydrogens (tertiary/aromatic N) is 1. The van der Waals surface area contributed by atoms with Crippen LogP contribution in [0.25, 0.3) is 0 Å². The minimum atomic E-state index is -1.37. The molecule has 68 valence electrons. The highest BCUT2D eigenvalue weighted by atomic mass is 16.4. The molecule has 0 aliphatic carbocycles. The van der Waals surface area contributed by atoms with E-state index in [2.05, 4.69) is 10.3 Å². The molecule has 1 aromatic rings. The third kappa shape index (κ3) is 2.55. The molecule has 0 radical (unpaired) electrons. The molecule has 0 unspecified atom stereocenters. The van der Waals surface area contributed by atoms with Crippen LogP contribution in [0.1, 0.15) is 17.4 Å². The number of amides is 1. The fourth-order valence-corrected chi connectivity index (χ4v) is 0.798. The van der Waals surface area contributed by atoms with Crippen LogP contribution in [0.5, 0.6) is 0 Å². The first-order valence-corrected chi connectivity index (χ1v) is 3.55. The number of pyridine rings is 1. The Balaban J connectivity index is 2.91. The first-order chi connectivity index (χ1) is 6.09. The number of anilines is 1. The Bertz CT molecular complexity index is 349. The molecule has 1 heterocycles. The van der Waals surface area contributed by atoms with Crippen molar-refractivity contribution >= 4 is 17.7 Å². The third-order valence-electron chi connectivity index (χ3n) is 1.26. The molecule has 0 atom stereocenters. The average molecular weight is 179 g/mol. The van der Waals surface area contributed by atoms with Gasteiger partial charge in [-0.15, -0.1) is 0 Å². The molecule has 0 aromatic carbocycles. The summed E-state index contributed by atoms with van der Waals surface area (Å²) in [6, 6.07) is 4.26. The predicted molar refractivity (Wildman–Crippen MR) is 42.9 cm³/mol. The quantitative estimate of drug-likeness (QED) is 0.657. The van der Waals surface area contributed by atoms with Gasteiger partial charge in [0.15, 0.2) is 0 Å². The lowest BCUT2D eigenvalue weighted by molar-refractivity contribution is -0.255. The number of rotatable bonds is 2. The maximum Gasteiger partial charge on any atom is 0.222 e. The highest BCUT2D eigenvalue weighted by Crippen LogP contribution is 2.03. The van der Waals surface area contributed by atoms with Gasteiger partial charge in [0, 0.05) is 6.92 Å². The molecule has 13 heavy (non-hydrogen) atoms. The summed E-state index contributed by atoms with van der Waals surface area (Å²) in [5.74, 6) is -1.47. The summed E-state index contributed by atoms with van der Waals surface area (Å²) in [6.45, 7) is 1.31. The van der Waals surface area contributed by atoms with Gasteiger partial charge in [-0.3, -0.25) is 4.79 Å². The fourth-order valence-electron chi connectivity index (χ4n) is 0.798. The Kier molecular flexibility index (Phi) is 2.59. The van der Waals surface area contributed by atoms with E-state index in [1.807, 2.05) is 0 Å². The summed E-state index contributed by atoms with van der Waals surface area (Å²) in [5.41, 5.74) is -0.203. The van der Waals surface area contributed by atoms with Crippen molar-refractivity contribution in [2.45, 2.75) is 6.92 Å². The molecule has 0 bridgehead atoms. The summed E-state index contributed by atoms with van der Waals surface area (Å²) in [5, 5.41) is 12.7. The molecule has 5 nitrogen and oxygen atoms in total. The summed E-state index contributed by atoms with van der Waals surface area (Å²) in [7, 11) is 0. The Labute approximate surface area is 74.4 Å². The monoisotopic (exact) mass is 179 g/mol. The standard InChI is InChI=1S/C8H8N2O3/c1-5(11)9-7-4-2-3-6(10-7)8(12)13/h2-4H,1H3,(H,12,13)(H,9,10,11)/p-1. The lowest BCUT2D eigenvalue weighted by Gasteiger charge is -2.04. The number of carboxylic acids is 1. The molecule has 0 fully saturated rings. The van der Waals surface area contributed by atoms with Gasteiger partial charge in [0.1, 0.15) is 5.82 Å². The van der Waals surface area contributed by atoms with Crippen molar-refractivity contribution in [3.8, 4) is 0 Å². The lowest BCUT2D eigenvalue weighted by atomic mass is 10.3. The second-order valence-electron chi connectivity index (χ2n) is 2.38. The molecule has 0 aliphatic rings.